The van der Waals surface area contributed by atoms with Crippen LogP contribution in [0.5, 0.6) is 0 Å². The molecule has 5 N–H and O–H groups in total. The number of hydrogen-bond donors (Lipinski definition) is 4. The quantitative estimate of drug-likeness (QED) is 0.481. The third-order valence-electron chi connectivity index (χ3n) is 6.10. The van der Waals surface area contributed by atoms with E-state index in [2.05, 4.69) is 25.5 Å². The smallest absolute Gasteiger partial charge is 0.276 e. The number of carbonyl (C=O) groups is 1. The van der Waals surface area contributed by atoms with E-state index in [0.717, 1.165) is 23.2 Å². The summed E-state index contributed by atoms with van der Waals surface area (Å²) in [7, 11) is 0. The van der Waals surface area contributed by atoms with Crippen molar-refractivity contribution >= 4 is 17.3 Å². The van der Waals surface area contributed by atoms with Crippen molar-refractivity contribution in [1.29, 1.82) is 0 Å². The van der Waals surface area contributed by atoms with E-state index in [4.69, 9.17) is 10.5 Å². The molecule has 0 saturated carbocycles. The first-order valence-corrected chi connectivity index (χ1v) is 10.7. The molecule has 0 unspecified atom stereocenters. The van der Waals surface area contributed by atoms with Gasteiger partial charge in [0.05, 0.1) is 47.8 Å². The van der Waals surface area contributed by atoms with Crippen LogP contribution in [0.15, 0.2) is 36.8 Å². The number of carbonyl (C=O) groups excluding carboxylic acids is 1. The molecule has 1 amide bonds. The van der Waals surface area contributed by atoms with Crippen molar-refractivity contribution in [3.8, 4) is 11.3 Å². The number of aromatic nitrogens is 4. The van der Waals surface area contributed by atoms with E-state index in [1.54, 1.807) is 36.8 Å². The maximum Gasteiger partial charge on any atom is 0.276 e. The predicted octanol–water partition coefficient (Wildman–Crippen LogP) is 3.25. The second-order valence-electron chi connectivity index (χ2n) is 8.17. The number of pyridine rings is 2. The number of aliphatic hydroxyl groups excluding tert-OH is 1. The molecular weight excluding hydrogens is 408 g/mol. The van der Waals surface area contributed by atoms with Crippen molar-refractivity contribution in [2.45, 2.75) is 51.9 Å². The van der Waals surface area contributed by atoms with Gasteiger partial charge in [-0.3, -0.25) is 14.9 Å². The van der Waals surface area contributed by atoms with Crippen LogP contribution in [0.4, 0.5) is 11.4 Å². The summed E-state index contributed by atoms with van der Waals surface area (Å²) < 4.78 is 6.19. The molecule has 0 radical (unpaired) electrons. The molecule has 3 aromatic rings. The van der Waals surface area contributed by atoms with Crippen LogP contribution < -0.4 is 11.1 Å². The van der Waals surface area contributed by atoms with Crippen LogP contribution in [0.3, 0.4) is 0 Å². The van der Waals surface area contributed by atoms with Crippen molar-refractivity contribution in [3.63, 3.8) is 0 Å². The van der Waals surface area contributed by atoms with E-state index < -0.39 is 12.0 Å². The number of nitrogens with one attached hydrogen (secondary N) is 2. The van der Waals surface area contributed by atoms with Gasteiger partial charge in [-0.15, -0.1) is 0 Å². The predicted molar refractivity (Wildman–Crippen MR) is 121 cm³/mol. The molecule has 3 aromatic heterocycles. The van der Waals surface area contributed by atoms with E-state index in [1.165, 1.54) is 0 Å². The Kier molecular flexibility index (Phi) is 6.20. The third-order valence-corrected chi connectivity index (χ3v) is 6.10. The Balaban J connectivity index is 1.60. The molecule has 1 aliphatic heterocycles. The molecule has 9 heteroatoms. The van der Waals surface area contributed by atoms with Crippen LogP contribution in [0.1, 0.15) is 54.5 Å². The van der Waals surface area contributed by atoms with Crippen LogP contribution in [-0.4, -0.2) is 43.4 Å². The molecule has 0 aliphatic carbocycles. The maximum atomic E-state index is 13.1. The first-order chi connectivity index (χ1) is 15.4. The first kappa shape index (κ1) is 21.9. The molecule has 32 heavy (non-hydrogen) atoms. The lowest BCUT2D eigenvalue weighted by Gasteiger charge is -2.38. The summed E-state index contributed by atoms with van der Waals surface area (Å²) in [6.07, 6.45) is 5.23. The van der Waals surface area contributed by atoms with Gasteiger partial charge in [0.15, 0.2) is 5.69 Å². The van der Waals surface area contributed by atoms with Gasteiger partial charge in [0.25, 0.3) is 5.91 Å². The largest absolute Gasteiger partial charge is 0.397 e. The van der Waals surface area contributed by atoms with E-state index in [0.29, 0.717) is 17.8 Å². The minimum atomic E-state index is -0.474. The summed E-state index contributed by atoms with van der Waals surface area (Å²) in [5.74, 6) is -0.361. The highest BCUT2D eigenvalue weighted by Gasteiger charge is 2.36. The lowest BCUT2D eigenvalue weighted by molar-refractivity contribution is -0.131. The number of rotatable bonds is 5. The van der Waals surface area contributed by atoms with E-state index in [-0.39, 0.29) is 29.5 Å². The molecule has 1 fully saturated rings. The summed E-state index contributed by atoms with van der Waals surface area (Å²) in [5, 5.41) is 20.3. The minimum absolute atomic E-state index is 0.0873. The molecular formula is C23H28N6O3. The van der Waals surface area contributed by atoms with E-state index in [9.17, 15) is 9.90 Å². The lowest BCUT2D eigenvalue weighted by Crippen LogP contribution is -2.39. The number of ether oxygens (including phenoxy) is 1. The number of nitrogens with two attached hydrogens (primary N) is 1. The van der Waals surface area contributed by atoms with Crippen LogP contribution in [0, 0.1) is 12.8 Å². The number of aryl methyl sites for hydroxylation is 1. The maximum absolute atomic E-state index is 13.1. The molecule has 1 aliphatic rings. The fraction of sp³-hybridized carbons (Fsp3) is 0.391. The summed E-state index contributed by atoms with van der Waals surface area (Å²) >= 11 is 0. The van der Waals surface area contributed by atoms with Crippen LogP contribution in [0.2, 0.25) is 0 Å². The van der Waals surface area contributed by atoms with Crippen LogP contribution in [-0.2, 0) is 4.74 Å². The van der Waals surface area contributed by atoms with Gasteiger partial charge in [-0.25, -0.2) is 4.98 Å². The molecule has 9 nitrogen and oxygen atoms in total. The van der Waals surface area contributed by atoms with Gasteiger partial charge in [0.1, 0.15) is 0 Å². The zero-order chi connectivity index (χ0) is 22.8. The Labute approximate surface area is 186 Å². The Morgan fingerprint density at radius 3 is 2.84 bits per heavy atom. The number of hydrogen-bond acceptors (Lipinski definition) is 7. The fourth-order valence-corrected chi connectivity index (χ4v) is 4.31. The first-order valence-electron chi connectivity index (χ1n) is 10.7. The standard InChI is InChI=1S/C23H28N6O3/c1-4-14-13(3)32-21(9-20(14)30)15-7-8-25-11-19(15)28-23(31)22-17(24)5-6-18(27-22)16-10-26-29-12(16)2/h5-8,10-11,13-14,20-21,30H,4,9,24H2,1-3H3,(H,26,29)(H,28,31)/t13-,14+,20-,21-/m1/s1. The Morgan fingerprint density at radius 1 is 1.34 bits per heavy atom. The van der Waals surface area contributed by atoms with Gasteiger partial charge >= 0.3 is 0 Å². The summed E-state index contributed by atoms with van der Waals surface area (Å²) in [4.78, 5) is 21.7. The van der Waals surface area contributed by atoms with Gasteiger partial charge < -0.3 is 20.9 Å². The molecule has 4 rings (SSSR count). The zero-order valence-electron chi connectivity index (χ0n) is 18.4. The molecule has 0 aromatic carbocycles. The van der Waals surface area contributed by atoms with Crippen molar-refractivity contribution in [3.05, 3.63) is 53.7 Å². The summed E-state index contributed by atoms with van der Waals surface area (Å²) in [6.45, 7) is 5.89. The van der Waals surface area contributed by atoms with Gasteiger partial charge in [0.2, 0.25) is 0 Å². The molecule has 4 heterocycles. The second-order valence-corrected chi connectivity index (χ2v) is 8.17. The Bertz CT molecular complexity index is 1100. The highest BCUT2D eigenvalue weighted by molar-refractivity contribution is 6.06. The van der Waals surface area contributed by atoms with Crippen molar-refractivity contribution in [2.24, 2.45) is 5.92 Å². The van der Waals surface area contributed by atoms with Gasteiger partial charge in [-0.1, -0.05) is 6.92 Å². The van der Waals surface area contributed by atoms with Crippen molar-refractivity contribution in [2.75, 3.05) is 11.1 Å². The van der Waals surface area contributed by atoms with Crippen LogP contribution in [0.25, 0.3) is 11.3 Å². The highest BCUT2D eigenvalue weighted by atomic mass is 16.5. The van der Waals surface area contributed by atoms with E-state index >= 15 is 0 Å². The number of nitrogens with zero attached hydrogens (tertiary/aromatic N) is 3. The Hall–Kier alpha value is -3.30. The fourth-order valence-electron chi connectivity index (χ4n) is 4.31. The molecule has 1 saturated heterocycles. The topological polar surface area (TPSA) is 139 Å². The molecule has 0 spiro atoms. The lowest BCUT2D eigenvalue weighted by atomic mass is 9.85. The van der Waals surface area contributed by atoms with Crippen molar-refractivity contribution in [1.82, 2.24) is 20.2 Å². The number of nitrogen functional groups attached to an aromatic ring is 1. The SMILES string of the molecule is CC[C@@H]1[C@H](O)C[C@H](c2ccncc2NC(=O)c2nc(-c3cn[nH]c3C)ccc2N)O[C@@H]1C. The number of aromatic amines is 1. The number of anilines is 2. The van der Waals surface area contributed by atoms with Gasteiger partial charge in [-0.05, 0) is 38.5 Å². The van der Waals surface area contributed by atoms with Crippen molar-refractivity contribution < 1.29 is 14.6 Å². The van der Waals surface area contributed by atoms with Gasteiger partial charge in [0, 0.05) is 35.4 Å². The Morgan fingerprint density at radius 2 is 2.16 bits per heavy atom. The zero-order valence-corrected chi connectivity index (χ0v) is 18.4. The third kappa shape index (κ3) is 4.21. The molecule has 4 atom stereocenters. The summed E-state index contributed by atoms with van der Waals surface area (Å²) in [6, 6.07) is 5.21. The van der Waals surface area contributed by atoms with Gasteiger partial charge in [-0.2, -0.15) is 5.10 Å². The number of amides is 1. The molecule has 168 valence electrons. The second kappa shape index (κ2) is 9.05. The number of aliphatic hydroxyl groups is 1. The average Bonchev–Trinajstić information content (AvgIpc) is 3.20. The van der Waals surface area contributed by atoms with E-state index in [1.807, 2.05) is 20.8 Å². The average molecular weight is 437 g/mol. The molecule has 0 bridgehead atoms. The summed E-state index contributed by atoms with van der Waals surface area (Å²) in [5.41, 5.74) is 9.94. The number of H-pyrrole nitrogens is 1. The van der Waals surface area contributed by atoms with Crippen LogP contribution >= 0.6 is 0 Å². The highest BCUT2D eigenvalue weighted by Crippen LogP contribution is 2.38. The minimum Gasteiger partial charge on any atom is -0.397 e. The normalized spacial score (nSPS) is 23.1. The monoisotopic (exact) mass is 436 g/mol.